The first kappa shape index (κ1) is 18.0. The van der Waals surface area contributed by atoms with Crippen molar-refractivity contribution in [2.45, 2.75) is 11.8 Å². The largest absolute Gasteiger partial charge is 0.497 e. The number of carbonyl (C=O) groups is 1. The van der Waals surface area contributed by atoms with Crippen LogP contribution in [0.25, 0.3) is 0 Å². The van der Waals surface area contributed by atoms with Gasteiger partial charge in [-0.25, -0.2) is 4.79 Å². The second-order valence-electron chi connectivity index (χ2n) is 5.33. The molecule has 134 valence electrons. The van der Waals surface area contributed by atoms with Gasteiger partial charge in [0.1, 0.15) is 5.75 Å². The highest BCUT2D eigenvalue weighted by molar-refractivity contribution is 6.36. The van der Waals surface area contributed by atoms with Crippen LogP contribution in [0, 0.1) is 11.8 Å². The standard InChI is InChI=1S/C18H11ClF3NO3/c1-25-13-6-4-5-12(11-13)9-10-17(18(20,21)22)14-7-2-3-8-15(14)23(19)16(24)26-17/h2-8,11H,1H3. The van der Waals surface area contributed by atoms with Crippen molar-refractivity contribution in [2.75, 3.05) is 11.5 Å². The Bertz CT molecular complexity index is 920. The van der Waals surface area contributed by atoms with Crippen LogP contribution in [0.1, 0.15) is 11.1 Å². The third-order valence-electron chi connectivity index (χ3n) is 3.75. The summed E-state index contributed by atoms with van der Waals surface area (Å²) in [5, 5.41) is 0. The summed E-state index contributed by atoms with van der Waals surface area (Å²) in [5.41, 5.74) is -3.36. The predicted octanol–water partition coefficient (Wildman–Crippen LogP) is 4.61. The lowest BCUT2D eigenvalue weighted by Crippen LogP contribution is -2.51. The number of halogens is 4. The molecule has 0 radical (unpaired) electrons. The fourth-order valence-corrected chi connectivity index (χ4v) is 2.68. The van der Waals surface area contributed by atoms with E-state index in [2.05, 4.69) is 16.6 Å². The Morgan fingerprint density at radius 2 is 1.92 bits per heavy atom. The number of amides is 1. The number of cyclic esters (lactones) is 1. The van der Waals surface area contributed by atoms with E-state index in [-0.39, 0.29) is 16.8 Å². The van der Waals surface area contributed by atoms with Gasteiger partial charge in [-0.05, 0) is 30.2 Å². The number of rotatable bonds is 1. The first-order chi connectivity index (χ1) is 12.3. The molecule has 0 spiro atoms. The number of methoxy groups -OCH3 is 1. The first-order valence-corrected chi connectivity index (χ1v) is 7.64. The average Bonchev–Trinajstić information content (AvgIpc) is 2.63. The summed E-state index contributed by atoms with van der Waals surface area (Å²) in [6.45, 7) is 0. The topological polar surface area (TPSA) is 38.8 Å². The van der Waals surface area contributed by atoms with Gasteiger partial charge in [0.15, 0.2) is 0 Å². The molecule has 0 aromatic heterocycles. The maximum atomic E-state index is 14.0. The molecule has 0 saturated carbocycles. The number of carbonyl (C=O) groups excluding carboxylic acids is 1. The minimum atomic E-state index is -4.98. The molecule has 1 heterocycles. The normalized spacial score (nSPS) is 19.1. The Kier molecular flexibility index (Phi) is 4.46. The van der Waals surface area contributed by atoms with E-state index in [0.717, 1.165) is 0 Å². The molecule has 8 heteroatoms. The molecule has 1 amide bonds. The minimum absolute atomic E-state index is 0.136. The van der Waals surface area contributed by atoms with Crippen LogP contribution in [0.3, 0.4) is 0 Å². The van der Waals surface area contributed by atoms with Gasteiger partial charge in [0.2, 0.25) is 0 Å². The quantitative estimate of drug-likeness (QED) is 0.534. The Labute approximate surface area is 152 Å². The molecule has 0 bridgehead atoms. The van der Waals surface area contributed by atoms with E-state index >= 15 is 0 Å². The SMILES string of the molecule is COc1cccc(C#CC2(C(F)(F)F)OC(=O)N(Cl)c3ccccc32)c1. The van der Waals surface area contributed by atoms with E-state index in [1.807, 2.05) is 0 Å². The number of anilines is 1. The van der Waals surface area contributed by atoms with Gasteiger partial charge in [-0.3, -0.25) is 0 Å². The average molecular weight is 382 g/mol. The summed E-state index contributed by atoms with van der Waals surface area (Å²) in [7, 11) is 1.43. The van der Waals surface area contributed by atoms with Gasteiger partial charge in [0, 0.05) is 22.9 Å². The van der Waals surface area contributed by atoms with Crippen LogP contribution in [-0.4, -0.2) is 19.4 Å². The van der Waals surface area contributed by atoms with E-state index in [1.165, 1.54) is 43.5 Å². The minimum Gasteiger partial charge on any atom is -0.497 e. The van der Waals surface area contributed by atoms with Gasteiger partial charge in [0.25, 0.3) is 5.60 Å². The summed E-state index contributed by atoms with van der Waals surface area (Å²) in [4.78, 5) is 11.9. The predicted molar refractivity (Wildman–Crippen MR) is 88.9 cm³/mol. The number of ether oxygens (including phenoxy) is 2. The van der Waals surface area contributed by atoms with Gasteiger partial charge in [0.05, 0.1) is 12.8 Å². The number of alkyl halides is 3. The van der Waals surface area contributed by atoms with Crippen LogP contribution in [0.4, 0.5) is 23.7 Å². The Balaban J connectivity index is 2.20. The van der Waals surface area contributed by atoms with Crippen molar-refractivity contribution < 1.29 is 27.4 Å². The lowest BCUT2D eigenvalue weighted by Gasteiger charge is -2.37. The number of fused-ring (bicyclic) bond motifs is 1. The molecular formula is C18H11ClF3NO3. The van der Waals surface area contributed by atoms with Crippen LogP contribution in [0.15, 0.2) is 48.5 Å². The molecule has 26 heavy (non-hydrogen) atoms. The van der Waals surface area contributed by atoms with E-state index in [4.69, 9.17) is 16.5 Å². The van der Waals surface area contributed by atoms with Crippen molar-refractivity contribution in [1.82, 2.24) is 0 Å². The van der Waals surface area contributed by atoms with E-state index < -0.39 is 17.9 Å². The lowest BCUT2D eigenvalue weighted by molar-refractivity contribution is -0.240. The summed E-state index contributed by atoms with van der Waals surface area (Å²) in [6.07, 6.45) is -6.34. The lowest BCUT2D eigenvalue weighted by atomic mass is 9.90. The maximum absolute atomic E-state index is 14.0. The second-order valence-corrected chi connectivity index (χ2v) is 5.66. The Hall–Kier alpha value is -2.85. The highest BCUT2D eigenvalue weighted by Crippen LogP contribution is 2.49. The zero-order chi connectivity index (χ0) is 18.9. The summed E-state index contributed by atoms with van der Waals surface area (Å²) in [6, 6.07) is 11.5. The van der Waals surface area contributed by atoms with Crippen LogP contribution in [0.5, 0.6) is 5.75 Å². The van der Waals surface area contributed by atoms with Crippen molar-refractivity contribution in [3.63, 3.8) is 0 Å². The molecule has 0 aliphatic carbocycles. The van der Waals surface area contributed by atoms with Gasteiger partial charge in [-0.15, -0.1) is 0 Å². The van der Waals surface area contributed by atoms with Crippen LogP contribution >= 0.6 is 11.8 Å². The molecule has 0 saturated heterocycles. The number of para-hydroxylation sites is 1. The second kappa shape index (κ2) is 6.46. The number of hydrogen-bond donors (Lipinski definition) is 0. The Morgan fingerprint density at radius 3 is 2.62 bits per heavy atom. The highest BCUT2D eigenvalue weighted by atomic mass is 35.5. The summed E-state index contributed by atoms with van der Waals surface area (Å²) in [5.74, 6) is 4.95. The van der Waals surface area contributed by atoms with Crippen molar-refractivity contribution >= 4 is 23.6 Å². The number of benzene rings is 2. The molecule has 4 nitrogen and oxygen atoms in total. The van der Waals surface area contributed by atoms with Crippen molar-refractivity contribution in [3.8, 4) is 17.6 Å². The highest BCUT2D eigenvalue weighted by Gasteiger charge is 2.63. The third kappa shape index (κ3) is 2.93. The molecule has 2 aromatic rings. The van der Waals surface area contributed by atoms with E-state index in [1.54, 1.807) is 12.1 Å². The molecule has 1 aliphatic heterocycles. The Morgan fingerprint density at radius 1 is 1.19 bits per heavy atom. The molecule has 1 unspecified atom stereocenters. The van der Waals surface area contributed by atoms with Gasteiger partial charge in [-0.1, -0.05) is 30.2 Å². The van der Waals surface area contributed by atoms with Crippen LogP contribution in [-0.2, 0) is 10.3 Å². The molecule has 1 atom stereocenters. The van der Waals surface area contributed by atoms with Crippen molar-refractivity contribution in [3.05, 3.63) is 59.7 Å². The van der Waals surface area contributed by atoms with E-state index in [9.17, 15) is 18.0 Å². The van der Waals surface area contributed by atoms with Crippen LogP contribution in [0.2, 0.25) is 0 Å². The zero-order valence-corrected chi connectivity index (χ0v) is 14.1. The smallest absolute Gasteiger partial charge is 0.445 e. The fourth-order valence-electron chi connectivity index (χ4n) is 2.50. The van der Waals surface area contributed by atoms with Crippen molar-refractivity contribution in [2.24, 2.45) is 0 Å². The molecule has 0 N–H and O–H groups in total. The molecule has 3 rings (SSSR count). The molecule has 0 fully saturated rings. The third-order valence-corrected chi connectivity index (χ3v) is 4.07. The van der Waals surface area contributed by atoms with E-state index in [0.29, 0.717) is 10.2 Å². The molecule has 1 aliphatic rings. The number of hydrogen-bond acceptors (Lipinski definition) is 3. The van der Waals surface area contributed by atoms with Crippen LogP contribution < -0.4 is 9.16 Å². The summed E-state index contributed by atoms with van der Waals surface area (Å²) >= 11 is 5.76. The summed E-state index contributed by atoms with van der Waals surface area (Å²) < 4.78 is 52.1. The van der Waals surface area contributed by atoms with Gasteiger partial charge < -0.3 is 9.47 Å². The van der Waals surface area contributed by atoms with Crippen molar-refractivity contribution in [1.29, 1.82) is 0 Å². The molecular weight excluding hydrogens is 371 g/mol. The molecule has 2 aromatic carbocycles. The number of nitrogens with zero attached hydrogens (tertiary/aromatic N) is 1. The van der Waals surface area contributed by atoms with Gasteiger partial charge in [-0.2, -0.15) is 17.6 Å². The first-order valence-electron chi connectivity index (χ1n) is 7.31. The fraction of sp³-hybridized carbons (Fsp3) is 0.167. The monoisotopic (exact) mass is 381 g/mol. The zero-order valence-electron chi connectivity index (χ0n) is 13.3. The van der Waals surface area contributed by atoms with Gasteiger partial charge >= 0.3 is 12.3 Å². The maximum Gasteiger partial charge on any atom is 0.445 e.